The fourth-order valence-corrected chi connectivity index (χ4v) is 1.99. The van der Waals surface area contributed by atoms with Crippen molar-refractivity contribution in [1.29, 1.82) is 0 Å². The molecule has 0 aliphatic carbocycles. The van der Waals surface area contributed by atoms with Crippen molar-refractivity contribution >= 4 is 50.2 Å². The number of benzene rings is 1. The maximum absolute atomic E-state index is 5.94. The number of nitrogens with zero attached hydrogens (tertiary/aromatic N) is 2. The molecule has 66 valence electrons. The minimum Gasteiger partial charge on any atom is -0.251 e. The molecule has 0 amide bonds. The predicted molar refractivity (Wildman–Crippen MR) is 57.3 cm³/mol. The van der Waals surface area contributed by atoms with Gasteiger partial charge in [0.05, 0.1) is 16.7 Å². The van der Waals surface area contributed by atoms with Crippen LogP contribution in [0.3, 0.4) is 0 Å². The minimum absolute atomic E-state index is 0.344. The molecule has 2 rings (SSSR count). The molecule has 2 nitrogen and oxygen atoms in total. The lowest BCUT2D eigenvalue weighted by Crippen LogP contribution is -1.85. The molecule has 0 unspecified atom stereocenters. The second kappa shape index (κ2) is 3.40. The molecule has 1 heterocycles. The van der Waals surface area contributed by atoms with Gasteiger partial charge in [0, 0.05) is 4.47 Å². The Bertz CT molecular complexity index is 473. The molecular formula is C8H3BrCl2N2. The van der Waals surface area contributed by atoms with Crippen molar-refractivity contribution in [3.05, 3.63) is 33.0 Å². The number of rotatable bonds is 0. The van der Waals surface area contributed by atoms with E-state index in [1.54, 1.807) is 6.07 Å². The summed E-state index contributed by atoms with van der Waals surface area (Å²) in [5.41, 5.74) is 1.35. The van der Waals surface area contributed by atoms with Crippen LogP contribution in [0.25, 0.3) is 11.0 Å². The van der Waals surface area contributed by atoms with Gasteiger partial charge >= 0.3 is 0 Å². The van der Waals surface area contributed by atoms with Crippen LogP contribution in [0.4, 0.5) is 0 Å². The zero-order chi connectivity index (χ0) is 9.42. The maximum atomic E-state index is 5.94. The molecule has 0 N–H and O–H groups in total. The van der Waals surface area contributed by atoms with Crippen LogP contribution in [0.15, 0.2) is 22.8 Å². The van der Waals surface area contributed by atoms with Crippen molar-refractivity contribution in [3.63, 3.8) is 0 Å². The summed E-state index contributed by atoms with van der Waals surface area (Å²) in [6.07, 6.45) is 1.49. The van der Waals surface area contributed by atoms with E-state index in [2.05, 4.69) is 25.9 Å². The zero-order valence-corrected chi connectivity index (χ0v) is 9.36. The third-order valence-electron chi connectivity index (χ3n) is 1.54. The Morgan fingerprint density at radius 1 is 1.23 bits per heavy atom. The van der Waals surface area contributed by atoms with Crippen molar-refractivity contribution < 1.29 is 0 Å². The third-order valence-corrected chi connectivity index (χ3v) is 2.46. The lowest BCUT2D eigenvalue weighted by atomic mass is 10.3. The van der Waals surface area contributed by atoms with E-state index in [1.807, 2.05) is 6.07 Å². The Labute approximate surface area is 93.0 Å². The van der Waals surface area contributed by atoms with Crippen LogP contribution in [-0.2, 0) is 0 Å². The molecule has 2 aromatic rings. The van der Waals surface area contributed by atoms with Gasteiger partial charge in [0.1, 0.15) is 10.7 Å². The van der Waals surface area contributed by atoms with Crippen molar-refractivity contribution in [3.8, 4) is 0 Å². The van der Waals surface area contributed by atoms with Crippen LogP contribution in [-0.4, -0.2) is 9.97 Å². The lowest BCUT2D eigenvalue weighted by Gasteiger charge is -1.99. The SMILES string of the molecule is Clc1cnc2cc(Br)cc(Cl)c2n1. The van der Waals surface area contributed by atoms with E-state index in [9.17, 15) is 0 Å². The molecule has 0 aliphatic heterocycles. The summed E-state index contributed by atoms with van der Waals surface area (Å²) in [7, 11) is 0. The van der Waals surface area contributed by atoms with Gasteiger partial charge in [-0.05, 0) is 12.1 Å². The van der Waals surface area contributed by atoms with Crippen LogP contribution >= 0.6 is 39.1 Å². The molecule has 1 aromatic carbocycles. The first-order chi connectivity index (χ1) is 6.16. The molecule has 0 saturated heterocycles. The van der Waals surface area contributed by atoms with Crippen LogP contribution in [0.2, 0.25) is 10.2 Å². The van der Waals surface area contributed by atoms with E-state index in [4.69, 9.17) is 23.2 Å². The highest BCUT2D eigenvalue weighted by Crippen LogP contribution is 2.26. The van der Waals surface area contributed by atoms with Gasteiger partial charge in [0.25, 0.3) is 0 Å². The lowest BCUT2D eigenvalue weighted by molar-refractivity contribution is 1.29. The Balaban J connectivity index is 2.87. The highest BCUT2D eigenvalue weighted by molar-refractivity contribution is 9.10. The van der Waals surface area contributed by atoms with Gasteiger partial charge in [0.2, 0.25) is 0 Å². The summed E-state index contributed by atoms with van der Waals surface area (Å²) in [5, 5.41) is 0.885. The second-order valence-corrected chi connectivity index (χ2v) is 4.16. The first kappa shape index (κ1) is 9.19. The summed E-state index contributed by atoms with van der Waals surface area (Å²) < 4.78 is 0.877. The van der Waals surface area contributed by atoms with Gasteiger partial charge in [-0.3, -0.25) is 4.98 Å². The van der Waals surface area contributed by atoms with Crippen LogP contribution in [0.1, 0.15) is 0 Å². The third kappa shape index (κ3) is 1.77. The van der Waals surface area contributed by atoms with E-state index in [1.165, 1.54) is 6.20 Å². The van der Waals surface area contributed by atoms with E-state index in [-0.39, 0.29) is 0 Å². The largest absolute Gasteiger partial charge is 0.251 e. The van der Waals surface area contributed by atoms with Crippen molar-refractivity contribution in [1.82, 2.24) is 9.97 Å². The average molecular weight is 278 g/mol. The number of aromatic nitrogens is 2. The van der Waals surface area contributed by atoms with Crippen molar-refractivity contribution in [2.45, 2.75) is 0 Å². The smallest absolute Gasteiger partial charge is 0.148 e. The second-order valence-electron chi connectivity index (χ2n) is 2.45. The summed E-state index contributed by atoms with van der Waals surface area (Å²) in [5.74, 6) is 0. The standard InChI is InChI=1S/C8H3BrCl2N2/c9-4-1-5(10)8-6(2-4)12-3-7(11)13-8/h1-3H. The Hall–Kier alpha value is -0.380. The molecular weight excluding hydrogens is 275 g/mol. The van der Waals surface area contributed by atoms with E-state index < -0.39 is 0 Å². The molecule has 0 aliphatic rings. The summed E-state index contributed by atoms with van der Waals surface area (Å²) >= 11 is 14.9. The molecule has 0 atom stereocenters. The summed E-state index contributed by atoms with van der Waals surface area (Å²) in [6, 6.07) is 3.60. The van der Waals surface area contributed by atoms with Crippen LogP contribution < -0.4 is 0 Å². The highest BCUT2D eigenvalue weighted by atomic mass is 79.9. The van der Waals surface area contributed by atoms with Gasteiger partial charge in [-0.2, -0.15) is 0 Å². The Kier molecular flexibility index (Phi) is 2.41. The Morgan fingerprint density at radius 3 is 2.77 bits per heavy atom. The topological polar surface area (TPSA) is 25.8 Å². The van der Waals surface area contributed by atoms with Gasteiger partial charge in [-0.25, -0.2) is 4.98 Å². The normalized spacial score (nSPS) is 10.7. The highest BCUT2D eigenvalue weighted by Gasteiger charge is 2.04. The van der Waals surface area contributed by atoms with Crippen LogP contribution in [0, 0.1) is 0 Å². The molecule has 5 heteroatoms. The monoisotopic (exact) mass is 276 g/mol. The van der Waals surface area contributed by atoms with Crippen molar-refractivity contribution in [2.24, 2.45) is 0 Å². The predicted octanol–water partition coefficient (Wildman–Crippen LogP) is 3.70. The maximum Gasteiger partial charge on any atom is 0.148 e. The average Bonchev–Trinajstić information content (AvgIpc) is 2.06. The fraction of sp³-hybridized carbons (Fsp3) is 0. The number of hydrogen-bond donors (Lipinski definition) is 0. The number of halogens is 3. The van der Waals surface area contributed by atoms with E-state index >= 15 is 0 Å². The van der Waals surface area contributed by atoms with Gasteiger partial charge in [-0.15, -0.1) is 0 Å². The summed E-state index contributed by atoms with van der Waals surface area (Å²) in [6.45, 7) is 0. The number of fused-ring (bicyclic) bond motifs is 1. The molecule has 1 aromatic heterocycles. The zero-order valence-electron chi connectivity index (χ0n) is 6.26. The van der Waals surface area contributed by atoms with Gasteiger partial charge < -0.3 is 0 Å². The van der Waals surface area contributed by atoms with Gasteiger partial charge in [0.15, 0.2) is 0 Å². The molecule has 0 spiro atoms. The molecule has 0 radical (unpaired) electrons. The molecule has 0 fully saturated rings. The van der Waals surface area contributed by atoms with Gasteiger partial charge in [-0.1, -0.05) is 39.1 Å². The first-order valence-electron chi connectivity index (χ1n) is 3.44. The summed E-state index contributed by atoms with van der Waals surface area (Å²) in [4.78, 5) is 8.16. The van der Waals surface area contributed by atoms with E-state index in [0.29, 0.717) is 15.7 Å². The van der Waals surface area contributed by atoms with Crippen LogP contribution in [0.5, 0.6) is 0 Å². The minimum atomic E-state index is 0.344. The van der Waals surface area contributed by atoms with Crippen molar-refractivity contribution in [2.75, 3.05) is 0 Å². The molecule has 0 saturated carbocycles. The fourth-order valence-electron chi connectivity index (χ4n) is 1.02. The van der Waals surface area contributed by atoms with E-state index in [0.717, 1.165) is 9.99 Å². The molecule has 0 bridgehead atoms. The number of hydrogen-bond acceptors (Lipinski definition) is 2. The quantitative estimate of drug-likeness (QED) is 0.734. The first-order valence-corrected chi connectivity index (χ1v) is 4.99. The molecule has 13 heavy (non-hydrogen) atoms. The Morgan fingerprint density at radius 2 is 2.00 bits per heavy atom.